The Morgan fingerprint density at radius 2 is 1.83 bits per heavy atom. The van der Waals surface area contributed by atoms with Crippen molar-refractivity contribution in [2.75, 3.05) is 20.1 Å². The molecule has 1 saturated carbocycles. The summed E-state index contributed by atoms with van der Waals surface area (Å²) in [5, 5.41) is 0. The van der Waals surface area contributed by atoms with E-state index in [1.165, 1.54) is 0 Å². The number of carbonyl (C=O) groups excluding carboxylic acids is 1. The van der Waals surface area contributed by atoms with E-state index < -0.39 is 0 Å². The number of likely N-dealkylation sites (tertiary alicyclic amines) is 1. The predicted molar refractivity (Wildman–Crippen MR) is 48.0 cm³/mol. The number of ketones is 1. The lowest BCUT2D eigenvalue weighted by Crippen LogP contribution is -2.59. The van der Waals surface area contributed by atoms with Gasteiger partial charge in [0.25, 0.3) is 0 Å². The normalized spacial score (nSPS) is 32.4. The highest BCUT2D eigenvalue weighted by Gasteiger charge is 2.57. The zero-order valence-electron chi connectivity index (χ0n) is 8.18. The number of rotatable bonds is 0. The standard InChI is InChI=1S/C10H17NO/c1-9(2)4-8(12)5-10(9)6-11(3)7-10/h4-7H2,1-3H3. The van der Waals surface area contributed by atoms with Gasteiger partial charge in [0.1, 0.15) is 5.78 Å². The minimum atomic E-state index is 0.247. The number of hydrogen-bond acceptors (Lipinski definition) is 2. The molecule has 68 valence electrons. The van der Waals surface area contributed by atoms with Gasteiger partial charge in [0.2, 0.25) is 0 Å². The first-order chi connectivity index (χ1) is 5.45. The van der Waals surface area contributed by atoms with Crippen LogP contribution in [-0.4, -0.2) is 30.8 Å². The molecule has 1 saturated heterocycles. The maximum Gasteiger partial charge on any atom is 0.134 e. The minimum Gasteiger partial charge on any atom is -0.305 e. The average Bonchev–Trinajstić information content (AvgIpc) is 2.00. The molecule has 1 heterocycles. The Balaban J connectivity index is 2.21. The van der Waals surface area contributed by atoms with E-state index in [1.807, 2.05) is 0 Å². The Morgan fingerprint density at radius 3 is 2.17 bits per heavy atom. The first-order valence-electron chi connectivity index (χ1n) is 4.66. The highest BCUT2D eigenvalue weighted by atomic mass is 16.1. The van der Waals surface area contributed by atoms with Crippen LogP contribution in [0.15, 0.2) is 0 Å². The van der Waals surface area contributed by atoms with Crippen molar-refractivity contribution in [3.63, 3.8) is 0 Å². The van der Waals surface area contributed by atoms with Gasteiger partial charge in [-0.2, -0.15) is 0 Å². The zero-order chi connectivity index (χ0) is 8.98. The van der Waals surface area contributed by atoms with E-state index in [0.717, 1.165) is 25.9 Å². The lowest BCUT2D eigenvalue weighted by atomic mass is 9.63. The number of nitrogens with zero attached hydrogens (tertiary/aromatic N) is 1. The molecule has 2 nitrogen and oxygen atoms in total. The van der Waals surface area contributed by atoms with E-state index in [-0.39, 0.29) is 5.41 Å². The van der Waals surface area contributed by atoms with Crippen LogP contribution >= 0.6 is 0 Å². The van der Waals surface area contributed by atoms with Crippen LogP contribution in [0, 0.1) is 10.8 Å². The molecule has 1 aliphatic carbocycles. The fraction of sp³-hybridized carbons (Fsp3) is 0.900. The van der Waals surface area contributed by atoms with Crippen molar-refractivity contribution in [3.8, 4) is 0 Å². The molecule has 2 rings (SSSR count). The SMILES string of the molecule is CN1CC2(CC(=O)CC2(C)C)C1. The van der Waals surface area contributed by atoms with Gasteiger partial charge >= 0.3 is 0 Å². The van der Waals surface area contributed by atoms with Gasteiger partial charge in [-0.1, -0.05) is 13.8 Å². The van der Waals surface area contributed by atoms with Gasteiger partial charge in [-0.15, -0.1) is 0 Å². The topological polar surface area (TPSA) is 20.3 Å². The second-order valence-electron chi connectivity index (χ2n) is 5.23. The van der Waals surface area contributed by atoms with Gasteiger partial charge in [0, 0.05) is 31.3 Å². The highest BCUT2D eigenvalue weighted by Crippen LogP contribution is 2.55. The van der Waals surface area contributed by atoms with Crippen molar-refractivity contribution in [1.82, 2.24) is 4.90 Å². The summed E-state index contributed by atoms with van der Waals surface area (Å²) in [5.74, 6) is 0.466. The molecular formula is C10H17NO. The van der Waals surface area contributed by atoms with Gasteiger partial charge < -0.3 is 4.90 Å². The van der Waals surface area contributed by atoms with Crippen molar-refractivity contribution in [1.29, 1.82) is 0 Å². The molecule has 0 N–H and O–H groups in total. The summed E-state index contributed by atoms with van der Waals surface area (Å²) in [6.45, 7) is 6.72. The predicted octanol–water partition coefficient (Wildman–Crippen LogP) is 1.31. The van der Waals surface area contributed by atoms with E-state index >= 15 is 0 Å². The first kappa shape index (κ1) is 8.24. The average molecular weight is 167 g/mol. The molecule has 1 spiro atoms. The summed E-state index contributed by atoms with van der Waals surface area (Å²) in [5.41, 5.74) is 0.579. The molecule has 0 aromatic rings. The summed E-state index contributed by atoms with van der Waals surface area (Å²) < 4.78 is 0. The lowest BCUT2D eigenvalue weighted by molar-refractivity contribution is -0.119. The van der Waals surface area contributed by atoms with Crippen LogP contribution in [0.2, 0.25) is 0 Å². The van der Waals surface area contributed by atoms with Gasteiger partial charge in [0.05, 0.1) is 0 Å². The summed E-state index contributed by atoms with van der Waals surface area (Å²) in [6.07, 6.45) is 1.62. The van der Waals surface area contributed by atoms with Gasteiger partial charge in [-0.3, -0.25) is 4.79 Å². The molecule has 0 aromatic carbocycles. The molecule has 2 aliphatic rings. The fourth-order valence-electron chi connectivity index (χ4n) is 2.89. The third kappa shape index (κ3) is 0.875. The quantitative estimate of drug-likeness (QED) is 0.542. The number of Topliss-reactive ketones (excluding diaryl/α,β-unsaturated/α-hetero) is 1. The van der Waals surface area contributed by atoms with Crippen LogP contribution < -0.4 is 0 Å². The summed E-state index contributed by atoms with van der Waals surface area (Å²) in [4.78, 5) is 13.7. The van der Waals surface area contributed by atoms with Crippen LogP contribution in [0.5, 0.6) is 0 Å². The first-order valence-corrected chi connectivity index (χ1v) is 4.66. The lowest BCUT2D eigenvalue weighted by Gasteiger charge is -2.53. The Bertz CT molecular complexity index is 226. The molecule has 0 radical (unpaired) electrons. The maximum absolute atomic E-state index is 11.4. The van der Waals surface area contributed by atoms with E-state index in [9.17, 15) is 4.79 Å². The largest absolute Gasteiger partial charge is 0.305 e. The molecule has 12 heavy (non-hydrogen) atoms. The highest BCUT2D eigenvalue weighted by molar-refractivity contribution is 5.83. The Hall–Kier alpha value is -0.370. The van der Waals surface area contributed by atoms with Crippen molar-refractivity contribution >= 4 is 5.78 Å². The Kier molecular flexibility index (Phi) is 1.45. The number of carbonyl (C=O) groups is 1. The zero-order valence-corrected chi connectivity index (χ0v) is 8.18. The Morgan fingerprint density at radius 1 is 1.25 bits per heavy atom. The third-order valence-electron chi connectivity index (χ3n) is 3.76. The third-order valence-corrected chi connectivity index (χ3v) is 3.76. The Labute approximate surface area is 73.9 Å². The molecule has 0 unspecified atom stereocenters. The molecule has 0 atom stereocenters. The molecule has 2 fully saturated rings. The summed E-state index contributed by atoms with van der Waals surface area (Å²) in [6, 6.07) is 0. The maximum atomic E-state index is 11.4. The van der Waals surface area contributed by atoms with Gasteiger partial charge in [-0.25, -0.2) is 0 Å². The molecule has 0 amide bonds. The van der Waals surface area contributed by atoms with Crippen molar-refractivity contribution in [2.24, 2.45) is 10.8 Å². The van der Waals surface area contributed by atoms with E-state index in [0.29, 0.717) is 11.2 Å². The van der Waals surface area contributed by atoms with Crippen LogP contribution in [0.25, 0.3) is 0 Å². The molecule has 0 aromatic heterocycles. The van der Waals surface area contributed by atoms with E-state index in [1.54, 1.807) is 0 Å². The van der Waals surface area contributed by atoms with Crippen molar-refractivity contribution < 1.29 is 4.79 Å². The van der Waals surface area contributed by atoms with E-state index in [4.69, 9.17) is 0 Å². The second-order valence-corrected chi connectivity index (χ2v) is 5.23. The molecule has 0 bridgehead atoms. The van der Waals surface area contributed by atoms with Gasteiger partial charge in [0.15, 0.2) is 0 Å². The summed E-state index contributed by atoms with van der Waals surface area (Å²) >= 11 is 0. The second kappa shape index (κ2) is 2.11. The van der Waals surface area contributed by atoms with Crippen LogP contribution in [0.3, 0.4) is 0 Å². The van der Waals surface area contributed by atoms with Crippen molar-refractivity contribution in [3.05, 3.63) is 0 Å². The molecular weight excluding hydrogens is 150 g/mol. The monoisotopic (exact) mass is 167 g/mol. The van der Waals surface area contributed by atoms with E-state index in [2.05, 4.69) is 25.8 Å². The smallest absolute Gasteiger partial charge is 0.134 e. The minimum absolute atomic E-state index is 0.247. The van der Waals surface area contributed by atoms with Crippen LogP contribution in [0.1, 0.15) is 26.7 Å². The van der Waals surface area contributed by atoms with Crippen molar-refractivity contribution in [2.45, 2.75) is 26.7 Å². The van der Waals surface area contributed by atoms with Crippen LogP contribution in [0.4, 0.5) is 0 Å². The number of hydrogen-bond donors (Lipinski definition) is 0. The van der Waals surface area contributed by atoms with Gasteiger partial charge in [-0.05, 0) is 12.5 Å². The fourth-order valence-corrected chi connectivity index (χ4v) is 2.89. The summed E-state index contributed by atoms with van der Waals surface area (Å²) in [7, 11) is 2.13. The van der Waals surface area contributed by atoms with Crippen LogP contribution in [-0.2, 0) is 4.79 Å². The molecule has 2 heteroatoms. The molecule has 1 aliphatic heterocycles.